The van der Waals surface area contributed by atoms with Crippen LogP contribution in [0.4, 0.5) is 0 Å². The summed E-state index contributed by atoms with van der Waals surface area (Å²) >= 11 is 4.14. The van der Waals surface area contributed by atoms with Crippen molar-refractivity contribution in [1.29, 1.82) is 0 Å². The Bertz CT molecular complexity index is 69.3. The molecule has 0 aromatic heterocycles. The summed E-state index contributed by atoms with van der Waals surface area (Å²) in [6.07, 6.45) is 3.15. The predicted octanol–water partition coefficient (Wildman–Crippen LogP) is 1.82. The van der Waals surface area contributed by atoms with Gasteiger partial charge in [0.1, 0.15) is 0 Å². The Morgan fingerprint density at radius 2 is 1.78 bits per heavy atom. The summed E-state index contributed by atoms with van der Waals surface area (Å²) in [5, 5.41) is 0. The maximum atomic E-state index is 5.96. The predicted molar refractivity (Wildman–Crippen MR) is 46.0 cm³/mol. The van der Waals surface area contributed by atoms with Gasteiger partial charge in [0, 0.05) is 5.54 Å². The number of nitrogens with two attached hydrogens (primary N) is 1. The fourth-order valence-corrected chi connectivity index (χ4v) is 1.27. The molecule has 0 aliphatic rings. The van der Waals surface area contributed by atoms with Gasteiger partial charge in [0.05, 0.1) is 0 Å². The van der Waals surface area contributed by atoms with E-state index < -0.39 is 0 Å². The molecule has 9 heavy (non-hydrogen) atoms. The number of hydrogen-bond donors (Lipinski definition) is 2. The normalized spacial score (nSPS) is 12.0. The topological polar surface area (TPSA) is 26.0 Å². The molecule has 0 aromatic carbocycles. The lowest BCUT2D eigenvalue weighted by atomic mass is 9.91. The molecule has 0 amide bonds. The minimum absolute atomic E-state index is 0.0573. The third-order valence-corrected chi connectivity index (χ3v) is 2.24. The molecule has 0 spiro atoms. The summed E-state index contributed by atoms with van der Waals surface area (Å²) in [7, 11) is 0. The molecule has 0 radical (unpaired) electrons. The van der Waals surface area contributed by atoms with Gasteiger partial charge in [0.25, 0.3) is 0 Å². The first-order valence-electron chi connectivity index (χ1n) is 3.58. The maximum Gasteiger partial charge on any atom is 0.0156 e. The lowest BCUT2D eigenvalue weighted by Crippen LogP contribution is -2.38. The standard InChI is InChI=1S/C7H17NS/c1-3-7(8,4-2)5-6-9/h9H,3-6,8H2,1-2H3. The molecule has 0 heterocycles. The summed E-state index contributed by atoms with van der Waals surface area (Å²) in [6.45, 7) is 4.26. The molecular weight excluding hydrogens is 130 g/mol. The van der Waals surface area contributed by atoms with Gasteiger partial charge in [-0.1, -0.05) is 13.8 Å². The molecule has 0 bridgehead atoms. The zero-order valence-corrected chi connectivity index (χ0v) is 7.25. The summed E-state index contributed by atoms with van der Waals surface area (Å²) in [4.78, 5) is 0. The van der Waals surface area contributed by atoms with Crippen molar-refractivity contribution in [3.05, 3.63) is 0 Å². The molecule has 0 unspecified atom stereocenters. The van der Waals surface area contributed by atoms with Crippen molar-refractivity contribution in [3.63, 3.8) is 0 Å². The van der Waals surface area contributed by atoms with Crippen LogP contribution in [0.15, 0.2) is 0 Å². The fourth-order valence-electron chi connectivity index (χ4n) is 0.826. The Balaban J connectivity index is 3.62. The monoisotopic (exact) mass is 147 g/mol. The molecule has 56 valence electrons. The molecule has 0 saturated carbocycles. The van der Waals surface area contributed by atoms with Crippen LogP contribution in [0.1, 0.15) is 33.1 Å². The second kappa shape index (κ2) is 4.18. The second-order valence-corrected chi connectivity index (χ2v) is 2.99. The third kappa shape index (κ3) is 3.11. The third-order valence-electron chi connectivity index (χ3n) is 2.02. The number of thiol groups is 1. The van der Waals surface area contributed by atoms with E-state index in [4.69, 9.17) is 5.73 Å². The van der Waals surface area contributed by atoms with Crippen LogP contribution in [-0.2, 0) is 0 Å². The Morgan fingerprint density at radius 3 is 1.89 bits per heavy atom. The molecule has 0 atom stereocenters. The van der Waals surface area contributed by atoms with Crippen molar-refractivity contribution in [1.82, 2.24) is 0 Å². The fraction of sp³-hybridized carbons (Fsp3) is 1.00. The summed E-state index contributed by atoms with van der Waals surface area (Å²) < 4.78 is 0. The van der Waals surface area contributed by atoms with Crippen molar-refractivity contribution in [3.8, 4) is 0 Å². The van der Waals surface area contributed by atoms with Gasteiger partial charge in [0.15, 0.2) is 0 Å². The number of hydrogen-bond acceptors (Lipinski definition) is 2. The van der Waals surface area contributed by atoms with E-state index in [9.17, 15) is 0 Å². The largest absolute Gasteiger partial charge is 0.325 e. The Hall–Kier alpha value is 0.310. The molecule has 0 aliphatic carbocycles. The lowest BCUT2D eigenvalue weighted by molar-refractivity contribution is 0.386. The van der Waals surface area contributed by atoms with Gasteiger partial charge in [-0.25, -0.2) is 0 Å². The highest BCUT2D eigenvalue weighted by molar-refractivity contribution is 7.80. The van der Waals surface area contributed by atoms with Gasteiger partial charge < -0.3 is 5.73 Å². The lowest BCUT2D eigenvalue weighted by Gasteiger charge is -2.25. The van der Waals surface area contributed by atoms with Crippen LogP contribution in [0.5, 0.6) is 0 Å². The summed E-state index contributed by atoms with van der Waals surface area (Å²) in [5.74, 6) is 0.901. The maximum absolute atomic E-state index is 5.96. The highest BCUT2D eigenvalue weighted by Crippen LogP contribution is 2.15. The Kier molecular flexibility index (Phi) is 4.32. The van der Waals surface area contributed by atoms with Crippen LogP contribution in [0.25, 0.3) is 0 Å². The molecule has 2 N–H and O–H groups in total. The molecule has 0 saturated heterocycles. The first kappa shape index (κ1) is 9.31. The van der Waals surface area contributed by atoms with E-state index in [1.165, 1.54) is 0 Å². The van der Waals surface area contributed by atoms with Gasteiger partial charge in [-0.2, -0.15) is 12.6 Å². The Morgan fingerprint density at radius 1 is 1.33 bits per heavy atom. The van der Waals surface area contributed by atoms with E-state index >= 15 is 0 Å². The first-order chi connectivity index (χ1) is 4.18. The molecule has 2 heteroatoms. The van der Waals surface area contributed by atoms with Crippen LogP contribution in [-0.4, -0.2) is 11.3 Å². The second-order valence-electron chi connectivity index (χ2n) is 2.54. The van der Waals surface area contributed by atoms with Crippen LogP contribution in [0, 0.1) is 0 Å². The summed E-state index contributed by atoms with van der Waals surface area (Å²) in [5.41, 5.74) is 6.02. The zero-order chi connectivity index (χ0) is 7.33. The average Bonchev–Trinajstić information content (AvgIpc) is 1.89. The Labute approximate surface area is 63.4 Å². The minimum atomic E-state index is 0.0573. The van der Waals surface area contributed by atoms with Gasteiger partial charge in [-0.3, -0.25) is 0 Å². The van der Waals surface area contributed by atoms with Gasteiger partial charge in [-0.15, -0.1) is 0 Å². The minimum Gasteiger partial charge on any atom is -0.325 e. The molecule has 0 fully saturated rings. The van der Waals surface area contributed by atoms with E-state index in [1.807, 2.05) is 0 Å². The van der Waals surface area contributed by atoms with Crippen LogP contribution >= 0.6 is 12.6 Å². The highest BCUT2D eigenvalue weighted by atomic mass is 32.1. The molecule has 0 aromatic rings. The van der Waals surface area contributed by atoms with Crippen molar-refractivity contribution >= 4 is 12.6 Å². The van der Waals surface area contributed by atoms with Crippen LogP contribution < -0.4 is 5.73 Å². The molecule has 0 rings (SSSR count). The quantitative estimate of drug-likeness (QED) is 0.583. The van der Waals surface area contributed by atoms with Crippen molar-refractivity contribution < 1.29 is 0 Å². The highest BCUT2D eigenvalue weighted by Gasteiger charge is 2.17. The SMILES string of the molecule is CCC(N)(CC)CCS. The average molecular weight is 147 g/mol. The molecule has 1 nitrogen and oxygen atoms in total. The molecular formula is C7H17NS. The molecule has 0 aliphatic heterocycles. The first-order valence-corrected chi connectivity index (χ1v) is 4.21. The van der Waals surface area contributed by atoms with Gasteiger partial charge in [-0.05, 0) is 25.0 Å². The van der Waals surface area contributed by atoms with E-state index in [2.05, 4.69) is 26.5 Å². The van der Waals surface area contributed by atoms with Gasteiger partial charge in [0.2, 0.25) is 0 Å². The van der Waals surface area contributed by atoms with E-state index in [-0.39, 0.29) is 5.54 Å². The smallest absolute Gasteiger partial charge is 0.0156 e. The van der Waals surface area contributed by atoms with Crippen LogP contribution in [0.2, 0.25) is 0 Å². The van der Waals surface area contributed by atoms with Gasteiger partial charge >= 0.3 is 0 Å². The van der Waals surface area contributed by atoms with Crippen molar-refractivity contribution in [2.24, 2.45) is 5.73 Å². The zero-order valence-electron chi connectivity index (χ0n) is 6.35. The van der Waals surface area contributed by atoms with E-state index in [1.54, 1.807) is 0 Å². The number of rotatable bonds is 4. The van der Waals surface area contributed by atoms with Crippen LogP contribution in [0.3, 0.4) is 0 Å². The van der Waals surface area contributed by atoms with E-state index in [0.29, 0.717) is 0 Å². The van der Waals surface area contributed by atoms with E-state index in [0.717, 1.165) is 25.0 Å². The van der Waals surface area contributed by atoms with Crippen molar-refractivity contribution in [2.75, 3.05) is 5.75 Å². The summed E-state index contributed by atoms with van der Waals surface area (Å²) in [6, 6.07) is 0. The van der Waals surface area contributed by atoms with Crippen molar-refractivity contribution in [2.45, 2.75) is 38.6 Å².